The number of aliphatic imine (C=N–C) groups is 1. The number of hydrogen-bond acceptors (Lipinski definition) is 5. The maximum atomic E-state index is 5.79. The lowest BCUT2D eigenvalue weighted by Gasteiger charge is -2.46. The Morgan fingerprint density at radius 3 is 2.47 bits per heavy atom. The van der Waals surface area contributed by atoms with E-state index < -0.39 is 7.36 Å². The number of aryl methyl sites for hydroxylation is 1. The first-order chi connectivity index (χ1) is 17.6. The van der Waals surface area contributed by atoms with Gasteiger partial charge in [-0.3, -0.25) is 0 Å². The second-order valence-corrected chi connectivity index (χ2v) is 13.4. The first-order valence-electron chi connectivity index (χ1n) is 11.8. The number of para-hydroxylation sites is 1. The number of amidine groups is 1. The number of thiophene rings is 1. The molecule has 36 heavy (non-hydrogen) atoms. The van der Waals surface area contributed by atoms with Crippen molar-refractivity contribution in [3.63, 3.8) is 0 Å². The molecule has 0 N–H and O–H groups in total. The van der Waals surface area contributed by atoms with Crippen LogP contribution in [-0.2, 0) is 4.74 Å². The van der Waals surface area contributed by atoms with Crippen molar-refractivity contribution in [1.29, 1.82) is 0 Å². The monoisotopic (exact) mass is 580 g/mol. The summed E-state index contributed by atoms with van der Waals surface area (Å²) in [5, 5.41) is 8.25. The first-order valence-corrected chi connectivity index (χ1v) is 15.1. The Balaban J connectivity index is 1.72. The minimum atomic E-state index is -2.56. The van der Waals surface area contributed by atoms with Crippen molar-refractivity contribution in [1.82, 2.24) is 19.1 Å². The summed E-state index contributed by atoms with van der Waals surface area (Å²) in [7, 11) is -0.413. The Morgan fingerprint density at radius 1 is 1.00 bits per heavy atom. The lowest BCUT2D eigenvalue weighted by molar-refractivity contribution is 0.0732. The maximum absolute atomic E-state index is 5.79. The summed E-state index contributed by atoms with van der Waals surface area (Å²) in [6.07, 6.45) is 0. The normalized spacial score (nSPS) is 20.2. The Hall–Kier alpha value is -2.55. The van der Waals surface area contributed by atoms with Crippen LogP contribution in [0.4, 0.5) is 11.5 Å². The Labute approximate surface area is 223 Å². The van der Waals surface area contributed by atoms with Crippen LogP contribution in [0.5, 0.6) is 0 Å². The molecule has 2 aliphatic heterocycles. The van der Waals surface area contributed by atoms with Crippen molar-refractivity contribution in [3.8, 4) is 5.69 Å². The summed E-state index contributed by atoms with van der Waals surface area (Å²) < 4.78 is 19.2. The molecule has 0 saturated carbocycles. The average Bonchev–Trinajstić information content (AvgIpc) is 3.56. The van der Waals surface area contributed by atoms with Gasteiger partial charge in [-0.05, 0) is 58.6 Å². The second-order valence-electron chi connectivity index (χ2n) is 8.63. The minimum absolute atomic E-state index is 0.674. The summed E-state index contributed by atoms with van der Waals surface area (Å²) in [6, 6.07) is 22.6. The lowest BCUT2D eigenvalue weighted by atomic mass is 10.3. The van der Waals surface area contributed by atoms with E-state index in [1.165, 1.54) is 0 Å². The van der Waals surface area contributed by atoms with Crippen LogP contribution in [0.2, 0.25) is 0 Å². The SMILES string of the molecule is Cc1nn(-c2ccccc2)c2c1[P@@](=Nc1ccccc1Br)(N1CCOCC1)N(C)C(c1cccs1)=N2. The van der Waals surface area contributed by atoms with E-state index in [2.05, 4.69) is 75.0 Å². The van der Waals surface area contributed by atoms with Crippen molar-refractivity contribution >= 4 is 57.3 Å². The van der Waals surface area contributed by atoms with E-state index in [1.807, 2.05) is 41.1 Å². The van der Waals surface area contributed by atoms with Crippen LogP contribution in [-0.4, -0.2) is 58.3 Å². The van der Waals surface area contributed by atoms with Gasteiger partial charge in [0, 0.05) is 24.6 Å². The van der Waals surface area contributed by atoms with Crippen molar-refractivity contribution in [2.24, 2.45) is 9.74 Å². The Kier molecular flexibility index (Phi) is 6.44. The number of ether oxygens (including phenoxy) is 1. The highest BCUT2D eigenvalue weighted by Crippen LogP contribution is 2.62. The van der Waals surface area contributed by atoms with Gasteiger partial charge in [0.2, 0.25) is 0 Å². The predicted octanol–water partition coefficient (Wildman–Crippen LogP) is 6.35. The fourth-order valence-electron chi connectivity index (χ4n) is 4.81. The van der Waals surface area contributed by atoms with Gasteiger partial charge < -0.3 is 9.41 Å². The number of benzene rings is 2. The lowest BCUT2D eigenvalue weighted by Crippen LogP contribution is -2.45. The molecule has 0 bridgehead atoms. The van der Waals surface area contributed by atoms with Gasteiger partial charge in [0.15, 0.2) is 19.0 Å². The second kappa shape index (κ2) is 9.72. The van der Waals surface area contributed by atoms with Crippen LogP contribution in [0.1, 0.15) is 10.6 Å². The number of nitrogens with zero attached hydrogens (tertiary/aromatic N) is 6. The molecule has 0 spiro atoms. The largest absolute Gasteiger partial charge is 0.379 e. The van der Waals surface area contributed by atoms with E-state index in [4.69, 9.17) is 19.6 Å². The predicted molar refractivity (Wildman–Crippen MR) is 152 cm³/mol. The number of rotatable bonds is 4. The van der Waals surface area contributed by atoms with Crippen LogP contribution < -0.4 is 5.30 Å². The molecule has 1 atom stereocenters. The molecule has 4 heterocycles. The molecule has 10 heteroatoms. The van der Waals surface area contributed by atoms with Gasteiger partial charge in [0.05, 0.1) is 40.5 Å². The van der Waals surface area contributed by atoms with Crippen molar-refractivity contribution in [3.05, 3.63) is 87.2 Å². The number of aromatic nitrogens is 2. The standard InChI is InChI=1S/C26H26BrN6OPS/c1-19-24-26(33(29-19)20-9-4-3-5-10-20)28-25(23-13-8-18-36-23)31(2)35(24,32-14-16-34-17-15-32)30-22-12-7-6-11-21(22)27/h3-13,18H,14-17H2,1-2H3/t35-/m0/s1. The molecule has 0 amide bonds. The van der Waals surface area contributed by atoms with Crippen LogP contribution in [0.25, 0.3) is 5.69 Å². The highest BCUT2D eigenvalue weighted by atomic mass is 79.9. The molecule has 0 unspecified atom stereocenters. The zero-order valence-electron chi connectivity index (χ0n) is 20.1. The molecule has 6 rings (SSSR count). The summed E-state index contributed by atoms with van der Waals surface area (Å²) in [5.41, 5.74) is 2.86. The summed E-state index contributed by atoms with van der Waals surface area (Å²) in [5.74, 6) is 1.78. The molecule has 0 aliphatic carbocycles. The summed E-state index contributed by atoms with van der Waals surface area (Å²) in [6.45, 7) is 5.02. The third-order valence-corrected chi connectivity index (χ3v) is 11.8. The number of halogens is 1. The smallest absolute Gasteiger partial charge is 0.170 e. The van der Waals surface area contributed by atoms with Crippen LogP contribution in [0.15, 0.2) is 86.3 Å². The molecule has 2 aliphatic rings. The third kappa shape index (κ3) is 3.90. The highest BCUT2D eigenvalue weighted by Gasteiger charge is 2.45. The minimum Gasteiger partial charge on any atom is -0.379 e. The van der Waals surface area contributed by atoms with Gasteiger partial charge in [-0.2, -0.15) is 5.10 Å². The molecular formula is C26H26BrN6OPS. The van der Waals surface area contributed by atoms with Crippen molar-refractivity contribution in [2.45, 2.75) is 6.92 Å². The van der Waals surface area contributed by atoms with Crippen molar-refractivity contribution < 1.29 is 4.74 Å². The van der Waals surface area contributed by atoms with Gasteiger partial charge in [-0.1, -0.05) is 36.4 Å². The van der Waals surface area contributed by atoms with Crippen LogP contribution in [0, 0.1) is 6.92 Å². The topological polar surface area (TPSA) is 58.3 Å². The highest BCUT2D eigenvalue weighted by molar-refractivity contribution is 9.10. The number of hydrogen-bond donors (Lipinski definition) is 0. The van der Waals surface area contributed by atoms with E-state index in [9.17, 15) is 0 Å². The Morgan fingerprint density at radius 2 is 1.75 bits per heavy atom. The zero-order valence-corrected chi connectivity index (χ0v) is 23.4. The van der Waals surface area contributed by atoms with E-state index in [1.54, 1.807) is 11.3 Å². The molecule has 0 radical (unpaired) electrons. The van der Waals surface area contributed by atoms with Gasteiger partial charge in [-0.15, -0.1) is 11.3 Å². The molecular weight excluding hydrogens is 555 g/mol. The van der Waals surface area contributed by atoms with E-state index in [0.717, 1.165) is 56.5 Å². The average molecular weight is 581 g/mol. The molecule has 2 aromatic heterocycles. The first kappa shape index (κ1) is 23.8. The molecule has 1 saturated heterocycles. The van der Waals surface area contributed by atoms with E-state index >= 15 is 0 Å². The summed E-state index contributed by atoms with van der Waals surface area (Å²) >= 11 is 5.45. The van der Waals surface area contributed by atoms with Gasteiger partial charge in [0.25, 0.3) is 0 Å². The molecule has 2 aromatic carbocycles. The van der Waals surface area contributed by atoms with Gasteiger partial charge >= 0.3 is 0 Å². The fourth-order valence-corrected chi connectivity index (χ4v) is 9.96. The quantitative estimate of drug-likeness (QED) is 0.264. The fraction of sp³-hybridized carbons (Fsp3) is 0.231. The molecule has 1 fully saturated rings. The number of morpholine rings is 1. The number of fused-ring (bicyclic) bond motifs is 1. The van der Waals surface area contributed by atoms with Crippen molar-refractivity contribution in [2.75, 3.05) is 33.4 Å². The van der Waals surface area contributed by atoms with Gasteiger partial charge in [0.1, 0.15) is 0 Å². The van der Waals surface area contributed by atoms with E-state index in [-0.39, 0.29) is 0 Å². The van der Waals surface area contributed by atoms with E-state index in [0.29, 0.717) is 13.2 Å². The zero-order chi connectivity index (χ0) is 24.7. The van der Waals surface area contributed by atoms with Gasteiger partial charge in [-0.25, -0.2) is 19.1 Å². The third-order valence-electron chi connectivity index (χ3n) is 6.47. The molecule has 4 aromatic rings. The Bertz CT molecular complexity index is 1480. The molecule has 7 nitrogen and oxygen atoms in total. The summed E-state index contributed by atoms with van der Waals surface area (Å²) in [4.78, 5) is 6.38. The van der Waals surface area contributed by atoms with Crippen LogP contribution in [0.3, 0.4) is 0 Å². The maximum Gasteiger partial charge on any atom is 0.170 e. The van der Waals surface area contributed by atoms with Crippen LogP contribution >= 0.6 is 34.6 Å². The molecule has 184 valence electrons.